The number of hydrogen-bond donors (Lipinski definition) is 3. The summed E-state index contributed by atoms with van der Waals surface area (Å²) >= 11 is 0. The van der Waals surface area contributed by atoms with E-state index < -0.39 is 30.5 Å². The average molecular weight is 243 g/mol. The molecule has 0 aromatic rings. The first-order valence-corrected chi connectivity index (χ1v) is 5.58. The Morgan fingerprint density at radius 2 is 1.94 bits per heavy atom. The Hall–Kier alpha value is -0.880. The van der Waals surface area contributed by atoms with Gasteiger partial charge in [-0.05, 0) is 12.5 Å². The van der Waals surface area contributed by atoms with Gasteiger partial charge >= 0.3 is 0 Å². The van der Waals surface area contributed by atoms with Gasteiger partial charge in [-0.1, -0.05) is 12.7 Å². The van der Waals surface area contributed by atoms with Crippen molar-refractivity contribution in [3.05, 3.63) is 24.4 Å². The first kappa shape index (κ1) is 14.2. The van der Waals surface area contributed by atoms with Crippen molar-refractivity contribution in [2.45, 2.75) is 37.4 Å². The number of aliphatic hydroxyl groups excluding tert-OH is 3. The van der Waals surface area contributed by atoms with E-state index in [-0.39, 0.29) is 0 Å². The van der Waals surface area contributed by atoms with Crippen molar-refractivity contribution < 1.29 is 20.1 Å². The van der Waals surface area contributed by atoms with Crippen molar-refractivity contribution >= 4 is 0 Å². The summed E-state index contributed by atoms with van der Waals surface area (Å²) in [6, 6.07) is 0. The largest absolute Gasteiger partial charge is 0.388 e. The third kappa shape index (κ3) is 3.07. The van der Waals surface area contributed by atoms with Crippen LogP contribution in [0.15, 0.2) is 24.4 Å². The molecule has 5 atom stereocenters. The van der Waals surface area contributed by atoms with Gasteiger partial charge in [0.1, 0.15) is 24.4 Å². The van der Waals surface area contributed by atoms with Crippen LogP contribution in [0.1, 0.15) is 6.92 Å². The second-order valence-electron chi connectivity index (χ2n) is 4.53. The normalized spacial score (nSPS) is 35.8. The van der Waals surface area contributed by atoms with Gasteiger partial charge in [0, 0.05) is 20.3 Å². The molecule has 5 heteroatoms. The van der Waals surface area contributed by atoms with Gasteiger partial charge < -0.3 is 25.0 Å². The Balaban J connectivity index is 2.82. The van der Waals surface area contributed by atoms with Crippen molar-refractivity contribution in [3.8, 4) is 0 Å². The van der Waals surface area contributed by atoms with E-state index in [9.17, 15) is 15.3 Å². The number of ether oxygens (including phenoxy) is 1. The molecular weight excluding hydrogens is 222 g/mol. The fraction of sp³-hybridized carbons (Fsp3) is 0.667. The fourth-order valence-electron chi connectivity index (χ4n) is 1.88. The summed E-state index contributed by atoms with van der Waals surface area (Å²) in [5, 5.41) is 29.4. The molecule has 0 aromatic heterocycles. The fourth-order valence-corrected chi connectivity index (χ4v) is 1.88. The molecule has 0 aliphatic carbocycles. The standard InChI is InChI=1S/C12H21NO4/c1-5-8(6-13(3)4)10(15)12-11(16)9(14)7(2)17-12/h5-7,9-12,14-16H,1H2,2-4H3/b8-6+/t7-,9-,10-,11-,12+/m0/s1. The van der Waals surface area contributed by atoms with E-state index in [1.54, 1.807) is 18.0 Å². The molecule has 0 bridgehead atoms. The molecule has 0 amide bonds. The van der Waals surface area contributed by atoms with Gasteiger partial charge in [0.2, 0.25) is 0 Å². The van der Waals surface area contributed by atoms with Gasteiger partial charge in [-0.3, -0.25) is 0 Å². The zero-order valence-corrected chi connectivity index (χ0v) is 10.4. The van der Waals surface area contributed by atoms with E-state index in [4.69, 9.17) is 4.74 Å². The van der Waals surface area contributed by atoms with Crippen LogP contribution in [0.3, 0.4) is 0 Å². The predicted molar refractivity (Wildman–Crippen MR) is 64.3 cm³/mol. The molecule has 1 saturated heterocycles. The van der Waals surface area contributed by atoms with E-state index in [0.717, 1.165) is 0 Å². The second kappa shape index (κ2) is 5.64. The first-order valence-electron chi connectivity index (χ1n) is 5.58. The molecule has 1 aliphatic rings. The van der Waals surface area contributed by atoms with Gasteiger partial charge in [-0.15, -0.1) is 0 Å². The number of nitrogens with zero attached hydrogens (tertiary/aromatic N) is 1. The summed E-state index contributed by atoms with van der Waals surface area (Å²) in [6.45, 7) is 5.27. The molecule has 0 saturated carbocycles. The zero-order chi connectivity index (χ0) is 13.2. The lowest BCUT2D eigenvalue weighted by Crippen LogP contribution is -2.39. The number of rotatable bonds is 4. The highest BCUT2D eigenvalue weighted by Crippen LogP contribution is 2.26. The number of hydrogen-bond acceptors (Lipinski definition) is 5. The molecule has 0 aromatic carbocycles. The van der Waals surface area contributed by atoms with Gasteiger partial charge in [0.15, 0.2) is 0 Å². The van der Waals surface area contributed by atoms with E-state index >= 15 is 0 Å². The SMILES string of the molecule is C=C/C(=C\N(C)C)[C@H](O)[C@H]1O[C@@H](C)[C@H](O)[C@@H]1O. The van der Waals surface area contributed by atoms with Gasteiger partial charge in [-0.25, -0.2) is 0 Å². The summed E-state index contributed by atoms with van der Waals surface area (Å²) in [5.41, 5.74) is 0.542. The van der Waals surface area contributed by atoms with Crippen LogP contribution in [0.4, 0.5) is 0 Å². The Morgan fingerprint density at radius 1 is 1.35 bits per heavy atom. The topological polar surface area (TPSA) is 73.2 Å². The molecule has 17 heavy (non-hydrogen) atoms. The number of aliphatic hydroxyl groups is 3. The van der Waals surface area contributed by atoms with E-state index in [2.05, 4.69) is 6.58 Å². The van der Waals surface area contributed by atoms with Crippen LogP contribution >= 0.6 is 0 Å². The maximum Gasteiger partial charge on any atom is 0.117 e. The van der Waals surface area contributed by atoms with Gasteiger partial charge in [-0.2, -0.15) is 0 Å². The Bertz CT molecular complexity index is 303. The third-order valence-electron chi connectivity index (χ3n) is 2.83. The summed E-state index contributed by atoms with van der Waals surface area (Å²) in [4.78, 5) is 1.77. The lowest BCUT2D eigenvalue weighted by molar-refractivity contribution is -0.0473. The van der Waals surface area contributed by atoms with Crippen LogP contribution in [-0.2, 0) is 4.74 Å². The molecule has 0 radical (unpaired) electrons. The molecule has 3 N–H and O–H groups in total. The van der Waals surface area contributed by atoms with Crippen LogP contribution in [0.5, 0.6) is 0 Å². The maximum atomic E-state index is 10.1. The predicted octanol–water partition coefficient (Wildman–Crippen LogP) is -0.512. The lowest BCUT2D eigenvalue weighted by atomic mass is 9.99. The summed E-state index contributed by atoms with van der Waals surface area (Å²) in [7, 11) is 3.64. The van der Waals surface area contributed by atoms with E-state index in [1.165, 1.54) is 6.08 Å². The first-order chi connectivity index (χ1) is 7.88. The van der Waals surface area contributed by atoms with Crippen LogP contribution in [0.25, 0.3) is 0 Å². The molecular formula is C12H21NO4. The Labute approximate surface area is 102 Å². The molecule has 98 valence electrons. The molecule has 0 unspecified atom stereocenters. The lowest BCUT2D eigenvalue weighted by Gasteiger charge is -2.23. The molecule has 1 heterocycles. The maximum absolute atomic E-state index is 10.1. The molecule has 1 fully saturated rings. The van der Waals surface area contributed by atoms with E-state index in [0.29, 0.717) is 5.57 Å². The van der Waals surface area contributed by atoms with Crippen molar-refractivity contribution in [1.29, 1.82) is 0 Å². The second-order valence-corrected chi connectivity index (χ2v) is 4.53. The third-order valence-corrected chi connectivity index (χ3v) is 2.83. The minimum absolute atomic E-state index is 0.491. The monoisotopic (exact) mass is 243 g/mol. The zero-order valence-electron chi connectivity index (χ0n) is 10.4. The van der Waals surface area contributed by atoms with Crippen molar-refractivity contribution in [1.82, 2.24) is 4.90 Å². The smallest absolute Gasteiger partial charge is 0.117 e. The quantitative estimate of drug-likeness (QED) is 0.580. The Kier molecular flexibility index (Phi) is 4.70. The van der Waals surface area contributed by atoms with Gasteiger partial charge in [0.05, 0.1) is 6.10 Å². The van der Waals surface area contributed by atoms with Crippen molar-refractivity contribution in [2.24, 2.45) is 0 Å². The van der Waals surface area contributed by atoms with Crippen LogP contribution in [-0.4, -0.2) is 64.8 Å². The Morgan fingerprint density at radius 3 is 2.29 bits per heavy atom. The van der Waals surface area contributed by atoms with Crippen molar-refractivity contribution in [2.75, 3.05) is 14.1 Å². The minimum Gasteiger partial charge on any atom is -0.388 e. The van der Waals surface area contributed by atoms with E-state index in [1.807, 2.05) is 14.1 Å². The molecule has 0 spiro atoms. The van der Waals surface area contributed by atoms with Crippen LogP contribution < -0.4 is 0 Å². The minimum atomic E-state index is -1.09. The van der Waals surface area contributed by atoms with Gasteiger partial charge in [0.25, 0.3) is 0 Å². The highest BCUT2D eigenvalue weighted by atomic mass is 16.6. The van der Waals surface area contributed by atoms with Crippen LogP contribution in [0, 0.1) is 0 Å². The molecule has 5 nitrogen and oxygen atoms in total. The molecule has 1 aliphatic heterocycles. The average Bonchev–Trinajstić information content (AvgIpc) is 2.52. The van der Waals surface area contributed by atoms with Crippen LogP contribution in [0.2, 0.25) is 0 Å². The highest BCUT2D eigenvalue weighted by molar-refractivity contribution is 5.23. The summed E-state index contributed by atoms with van der Waals surface area (Å²) < 4.78 is 5.35. The summed E-state index contributed by atoms with van der Waals surface area (Å²) in [5.74, 6) is 0. The molecule has 1 rings (SSSR count). The van der Waals surface area contributed by atoms with Crippen molar-refractivity contribution in [3.63, 3.8) is 0 Å². The highest BCUT2D eigenvalue weighted by Gasteiger charge is 2.44. The summed E-state index contributed by atoms with van der Waals surface area (Å²) in [6.07, 6.45) is -1.19.